The van der Waals surface area contributed by atoms with E-state index in [-0.39, 0.29) is 85.8 Å². The van der Waals surface area contributed by atoms with Crippen LogP contribution in [0.3, 0.4) is 0 Å². The molecule has 1 aliphatic rings. The van der Waals surface area contributed by atoms with Crippen molar-refractivity contribution < 1.29 is 79.6 Å². The van der Waals surface area contributed by atoms with Crippen molar-refractivity contribution in [1.82, 2.24) is 0 Å². The molecular formula is C9H8MoOSiWY. The fourth-order valence-corrected chi connectivity index (χ4v) is 1.06. The SMILES string of the molecule is C1=Cc2ccccc2OC1.[Mo].[Si].[W].[Y]. The number of rotatable bonds is 0. The molecular weight excluding hydrogens is 521 g/mol. The van der Waals surface area contributed by atoms with E-state index in [9.17, 15) is 0 Å². The molecule has 1 aromatic carbocycles. The molecule has 0 amide bonds. The minimum absolute atomic E-state index is 0. The Bertz CT molecular complexity index is 283. The van der Waals surface area contributed by atoms with Gasteiger partial charge in [-0.25, -0.2) is 0 Å². The molecule has 2 rings (SSSR count). The molecule has 5 heteroatoms. The molecule has 0 saturated carbocycles. The predicted molar refractivity (Wildman–Crippen MR) is 46.7 cm³/mol. The van der Waals surface area contributed by atoms with Crippen molar-refractivity contribution in [2.75, 3.05) is 6.61 Å². The molecule has 69 valence electrons. The third-order valence-electron chi connectivity index (χ3n) is 1.55. The van der Waals surface area contributed by atoms with Crippen molar-refractivity contribution in [3.63, 3.8) is 0 Å². The Morgan fingerprint density at radius 3 is 2.43 bits per heavy atom. The second-order valence-corrected chi connectivity index (χ2v) is 2.25. The largest absolute Gasteiger partial charge is 0.489 e. The molecule has 0 spiro atoms. The van der Waals surface area contributed by atoms with Crippen LogP contribution in [0.5, 0.6) is 5.75 Å². The molecule has 0 N–H and O–H groups in total. The van der Waals surface area contributed by atoms with E-state index in [0.717, 1.165) is 5.75 Å². The van der Waals surface area contributed by atoms with Crippen LogP contribution in [0.1, 0.15) is 5.56 Å². The average Bonchev–Trinajstić information content (AvgIpc) is 2.05. The van der Waals surface area contributed by atoms with E-state index in [2.05, 4.69) is 6.08 Å². The molecule has 0 fully saturated rings. The van der Waals surface area contributed by atoms with E-state index >= 15 is 0 Å². The van der Waals surface area contributed by atoms with E-state index in [1.54, 1.807) is 0 Å². The van der Waals surface area contributed by atoms with Gasteiger partial charge in [-0.05, 0) is 12.1 Å². The Kier molecular flexibility index (Phi) is 16.3. The summed E-state index contributed by atoms with van der Waals surface area (Å²) >= 11 is 0. The van der Waals surface area contributed by atoms with E-state index < -0.39 is 0 Å². The van der Waals surface area contributed by atoms with Gasteiger partial charge in [-0.15, -0.1) is 0 Å². The van der Waals surface area contributed by atoms with Gasteiger partial charge in [-0.1, -0.05) is 24.3 Å². The first-order chi connectivity index (χ1) is 4.97. The molecule has 0 saturated heterocycles. The second-order valence-electron chi connectivity index (χ2n) is 2.25. The van der Waals surface area contributed by atoms with E-state index in [1.165, 1.54) is 5.56 Å². The van der Waals surface area contributed by atoms with Crippen LogP contribution in [-0.2, 0) is 74.8 Å². The molecule has 0 unspecified atom stereocenters. The minimum atomic E-state index is 0. The Morgan fingerprint density at radius 2 is 1.79 bits per heavy atom. The van der Waals surface area contributed by atoms with Crippen LogP contribution < -0.4 is 4.74 Å². The number of para-hydroxylation sites is 1. The monoisotopic (exact) mass is 531 g/mol. The quantitative estimate of drug-likeness (QED) is 0.466. The van der Waals surface area contributed by atoms with Crippen molar-refractivity contribution >= 4 is 17.0 Å². The van der Waals surface area contributed by atoms with Gasteiger partial charge in [0.05, 0.1) is 0 Å². The van der Waals surface area contributed by atoms with Crippen LogP contribution in [-0.4, -0.2) is 17.6 Å². The summed E-state index contributed by atoms with van der Waals surface area (Å²) in [4.78, 5) is 0. The summed E-state index contributed by atoms with van der Waals surface area (Å²) in [7, 11) is 0. The van der Waals surface area contributed by atoms with Crippen LogP contribution >= 0.6 is 0 Å². The Hall–Kier alpha value is 1.46. The predicted octanol–water partition coefficient (Wildman–Crippen LogP) is 1.70. The number of hydrogen-bond acceptors (Lipinski definition) is 1. The number of fused-ring (bicyclic) bond motifs is 1. The first-order valence-electron chi connectivity index (χ1n) is 3.35. The zero-order valence-electron chi connectivity index (χ0n) is 7.47. The fourth-order valence-electron chi connectivity index (χ4n) is 1.06. The maximum atomic E-state index is 5.34. The maximum absolute atomic E-state index is 5.34. The minimum Gasteiger partial charge on any atom is -0.489 e. The molecule has 0 atom stereocenters. The van der Waals surface area contributed by atoms with E-state index in [0.29, 0.717) is 6.61 Å². The van der Waals surface area contributed by atoms with Crippen molar-refractivity contribution in [2.45, 2.75) is 0 Å². The zero-order chi connectivity index (χ0) is 6.81. The van der Waals surface area contributed by atoms with Gasteiger partial charge >= 0.3 is 0 Å². The second kappa shape index (κ2) is 11.0. The number of ether oxygens (including phenoxy) is 1. The third-order valence-corrected chi connectivity index (χ3v) is 1.55. The average molecular weight is 529 g/mol. The molecule has 1 aromatic rings. The first kappa shape index (κ1) is 20.8. The standard InChI is InChI=1S/C9H8O.Mo.Si.W.Y/c1-2-6-9-8(4-1)5-3-7-10-9;;;;/h1-6H,7H2;;;;. The van der Waals surface area contributed by atoms with Gasteiger partial charge in [0.25, 0.3) is 0 Å². The summed E-state index contributed by atoms with van der Waals surface area (Å²) < 4.78 is 5.34. The van der Waals surface area contributed by atoms with E-state index in [1.807, 2.05) is 30.3 Å². The summed E-state index contributed by atoms with van der Waals surface area (Å²) in [5, 5.41) is 0. The summed E-state index contributed by atoms with van der Waals surface area (Å²) in [6.07, 6.45) is 4.10. The van der Waals surface area contributed by atoms with Crippen LogP contribution in [0.2, 0.25) is 0 Å². The third kappa shape index (κ3) is 5.52. The van der Waals surface area contributed by atoms with Gasteiger partial charge in [0.2, 0.25) is 0 Å². The summed E-state index contributed by atoms with van der Waals surface area (Å²) in [6, 6.07) is 8.03. The van der Waals surface area contributed by atoms with Crippen molar-refractivity contribution in [3.05, 3.63) is 35.9 Å². The van der Waals surface area contributed by atoms with Gasteiger partial charge in [-0.2, -0.15) is 0 Å². The summed E-state index contributed by atoms with van der Waals surface area (Å²) in [6.45, 7) is 0.705. The Morgan fingerprint density at radius 1 is 1.14 bits per heavy atom. The Balaban J connectivity index is -0.000000302. The molecule has 1 heterocycles. The van der Waals surface area contributed by atoms with Gasteiger partial charge in [0, 0.05) is 91.4 Å². The molecule has 0 bridgehead atoms. The molecule has 1 aliphatic heterocycles. The van der Waals surface area contributed by atoms with Crippen molar-refractivity contribution in [3.8, 4) is 5.75 Å². The Labute approximate surface area is 143 Å². The molecule has 0 aromatic heterocycles. The van der Waals surface area contributed by atoms with Crippen LogP contribution in [0.25, 0.3) is 6.08 Å². The van der Waals surface area contributed by atoms with Crippen LogP contribution in [0.4, 0.5) is 0 Å². The fraction of sp³-hybridized carbons (Fsp3) is 0.111. The number of hydrogen-bond donors (Lipinski definition) is 0. The summed E-state index contributed by atoms with van der Waals surface area (Å²) in [5.74, 6) is 0.991. The molecule has 1 nitrogen and oxygen atoms in total. The van der Waals surface area contributed by atoms with Crippen LogP contribution in [0.15, 0.2) is 30.3 Å². The molecule has 5 radical (unpaired) electrons. The molecule has 0 aliphatic carbocycles. The van der Waals surface area contributed by atoms with E-state index in [4.69, 9.17) is 4.74 Å². The van der Waals surface area contributed by atoms with Crippen molar-refractivity contribution in [2.24, 2.45) is 0 Å². The van der Waals surface area contributed by atoms with Crippen molar-refractivity contribution in [1.29, 1.82) is 0 Å². The van der Waals surface area contributed by atoms with Crippen LogP contribution in [0, 0.1) is 0 Å². The van der Waals surface area contributed by atoms with Gasteiger partial charge in [-0.3, -0.25) is 0 Å². The van der Waals surface area contributed by atoms with Gasteiger partial charge < -0.3 is 4.74 Å². The number of benzene rings is 1. The first-order valence-corrected chi connectivity index (χ1v) is 3.35. The smallest absolute Gasteiger partial charge is 0.126 e. The zero-order valence-corrected chi connectivity index (χ0v) is 16.3. The maximum Gasteiger partial charge on any atom is 0.126 e. The van der Waals surface area contributed by atoms with Gasteiger partial charge in [0.15, 0.2) is 0 Å². The summed E-state index contributed by atoms with van der Waals surface area (Å²) in [5.41, 5.74) is 1.17. The van der Waals surface area contributed by atoms with Gasteiger partial charge in [0.1, 0.15) is 12.4 Å². The normalized spacial score (nSPS) is 10.0. The topological polar surface area (TPSA) is 9.23 Å². The molecule has 14 heavy (non-hydrogen) atoms.